The summed E-state index contributed by atoms with van der Waals surface area (Å²) in [5.41, 5.74) is 0.378. The van der Waals surface area contributed by atoms with Crippen molar-refractivity contribution in [3.63, 3.8) is 0 Å². The number of nitrogens with one attached hydrogen (secondary N) is 1. The van der Waals surface area contributed by atoms with Gasteiger partial charge in [0.25, 0.3) is 5.91 Å². The summed E-state index contributed by atoms with van der Waals surface area (Å²) in [6.07, 6.45) is 3.15. The summed E-state index contributed by atoms with van der Waals surface area (Å²) in [5, 5.41) is 2.35. The normalized spacial score (nSPS) is 10.2. The van der Waals surface area contributed by atoms with E-state index < -0.39 is 17.5 Å². The zero-order valence-corrected chi connectivity index (χ0v) is 11.3. The second kappa shape index (κ2) is 6.21. The van der Waals surface area contributed by atoms with E-state index in [1.165, 1.54) is 17.7 Å². The number of nitrogens with zero attached hydrogens (tertiary/aromatic N) is 1. The number of amides is 1. The lowest BCUT2D eigenvalue weighted by Crippen LogP contribution is -2.40. The Morgan fingerprint density at radius 3 is 2.67 bits per heavy atom. The maximum atomic E-state index is 13.4. The van der Waals surface area contributed by atoms with Crippen LogP contribution in [0.25, 0.3) is 0 Å². The van der Waals surface area contributed by atoms with Gasteiger partial charge in [-0.3, -0.25) is 9.59 Å². The summed E-state index contributed by atoms with van der Waals surface area (Å²) in [7, 11) is 0. The molecule has 0 fully saturated rings. The van der Waals surface area contributed by atoms with E-state index >= 15 is 0 Å². The number of anilines is 1. The Morgan fingerprint density at radius 2 is 2.00 bits per heavy atom. The predicted octanol–water partition coefficient (Wildman–Crippen LogP) is 2.09. The average Bonchev–Trinajstić information content (AvgIpc) is 2.42. The van der Waals surface area contributed by atoms with E-state index in [-0.39, 0.29) is 18.0 Å². The monoisotopic (exact) mass is 291 g/mol. The molecule has 1 N–H and O–H groups in total. The first-order valence-corrected chi connectivity index (χ1v) is 6.20. The molecule has 4 nitrogen and oxygen atoms in total. The molecule has 2 aromatic rings. The highest BCUT2D eigenvalue weighted by Gasteiger charge is 2.13. The number of hydrogen-bond acceptors (Lipinski definition) is 2. The van der Waals surface area contributed by atoms with E-state index in [2.05, 4.69) is 5.32 Å². The topological polar surface area (TPSA) is 50.0 Å². The van der Waals surface area contributed by atoms with E-state index in [4.69, 9.17) is 0 Å². The van der Waals surface area contributed by atoms with Crippen molar-refractivity contribution in [2.45, 2.75) is 13.5 Å². The molecule has 0 aliphatic carbocycles. The Morgan fingerprint density at radius 1 is 1.24 bits per heavy atom. The van der Waals surface area contributed by atoms with Gasteiger partial charge < -0.3 is 5.32 Å². The van der Waals surface area contributed by atoms with Gasteiger partial charge in [-0.25, -0.2) is 8.78 Å². The number of aromatic nitrogens is 1. The van der Waals surface area contributed by atoms with E-state index in [0.717, 1.165) is 12.1 Å². The first kappa shape index (κ1) is 14.8. The van der Waals surface area contributed by atoms with Crippen LogP contribution in [0.2, 0.25) is 0 Å². The molecule has 1 heterocycles. The third-order valence-electron chi connectivity index (χ3n) is 2.80. The Labute approximate surface area is 120 Å². The molecule has 1 amide bonds. The lowest BCUT2D eigenvalue weighted by atomic mass is 10.2. The third kappa shape index (κ3) is 3.92. The first-order valence-electron chi connectivity index (χ1n) is 6.20. The number of pyridine rings is 1. The molecule has 1 aromatic carbocycles. The van der Waals surface area contributed by atoms with Crippen LogP contribution >= 0.6 is 0 Å². The summed E-state index contributed by atoms with van der Waals surface area (Å²) in [6, 6.07) is 6.18. The number of carbonyl (C=O) groups excluding carboxylic acids is 2. The van der Waals surface area contributed by atoms with Gasteiger partial charge in [0, 0.05) is 12.1 Å². The fourth-order valence-electron chi connectivity index (χ4n) is 1.77. The summed E-state index contributed by atoms with van der Waals surface area (Å²) < 4.78 is 27.7. The Hall–Kier alpha value is -2.63. The van der Waals surface area contributed by atoms with Crippen molar-refractivity contribution < 1.29 is 22.9 Å². The molecule has 0 aliphatic rings. The minimum atomic E-state index is -0.842. The Kier molecular flexibility index (Phi) is 4.37. The molecule has 108 valence electrons. The van der Waals surface area contributed by atoms with E-state index in [9.17, 15) is 18.4 Å². The van der Waals surface area contributed by atoms with Crippen LogP contribution in [0.3, 0.4) is 0 Å². The number of carbonyl (C=O) groups is 2. The minimum absolute atomic E-state index is 0.0854. The fraction of sp³-hybridized carbons (Fsp3) is 0.133. The molecule has 21 heavy (non-hydrogen) atoms. The second-order valence-corrected chi connectivity index (χ2v) is 4.49. The van der Waals surface area contributed by atoms with Crippen molar-refractivity contribution in [3.8, 4) is 0 Å². The van der Waals surface area contributed by atoms with Crippen molar-refractivity contribution >= 4 is 17.4 Å². The molecule has 0 radical (unpaired) electrons. The molecular formula is C15H13F2N2O2+. The van der Waals surface area contributed by atoms with E-state index in [1.807, 2.05) is 0 Å². The Bertz CT molecular complexity index is 702. The number of hydrogen-bond donors (Lipinski definition) is 1. The van der Waals surface area contributed by atoms with Crippen LogP contribution in [-0.2, 0) is 11.3 Å². The fourth-order valence-corrected chi connectivity index (χ4v) is 1.77. The van der Waals surface area contributed by atoms with Gasteiger partial charge in [0.2, 0.25) is 6.54 Å². The van der Waals surface area contributed by atoms with Gasteiger partial charge in [0.1, 0.15) is 11.6 Å². The summed E-state index contributed by atoms with van der Waals surface area (Å²) in [5.74, 6) is -2.15. The standard InChI is InChI=1S/C15H12F2N2O2/c1-10(20)11-3-2-6-19(8-11)9-15(21)18-14-5-4-12(16)7-13(14)17/h2-8H,9H2,1H3/p+1. The maximum Gasteiger partial charge on any atom is 0.290 e. The maximum absolute atomic E-state index is 13.4. The average molecular weight is 291 g/mol. The number of benzene rings is 1. The predicted molar refractivity (Wildman–Crippen MR) is 71.6 cm³/mol. The highest BCUT2D eigenvalue weighted by Crippen LogP contribution is 2.14. The quantitative estimate of drug-likeness (QED) is 0.692. The molecule has 0 saturated carbocycles. The van der Waals surface area contributed by atoms with Gasteiger partial charge in [0.15, 0.2) is 18.2 Å². The van der Waals surface area contributed by atoms with Crippen molar-refractivity contribution in [2.75, 3.05) is 5.32 Å². The van der Waals surface area contributed by atoms with Crippen LogP contribution in [0.5, 0.6) is 0 Å². The van der Waals surface area contributed by atoms with Crippen LogP contribution in [0.1, 0.15) is 17.3 Å². The molecule has 0 spiro atoms. The van der Waals surface area contributed by atoms with Gasteiger partial charge in [-0.2, -0.15) is 4.57 Å². The summed E-state index contributed by atoms with van der Waals surface area (Å²) in [4.78, 5) is 23.1. The van der Waals surface area contributed by atoms with Crippen molar-refractivity contribution in [1.29, 1.82) is 0 Å². The molecule has 0 unspecified atom stereocenters. The van der Waals surface area contributed by atoms with Crippen LogP contribution < -0.4 is 9.88 Å². The van der Waals surface area contributed by atoms with Crippen molar-refractivity contribution in [3.05, 3.63) is 59.9 Å². The molecule has 0 bridgehead atoms. The highest BCUT2D eigenvalue weighted by atomic mass is 19.1. The molecule has 0 aliphatic heterocycles. The molecule has 0 saturated heterocycles. The van der Waals surface area contributed by atoms with E-state index in [0.29, 0.717) is 11.6 Å². The summed E-state index contributed by atoms with van der Waals surface area (Å²) >= 11 is 0. The molecule has 2 rings (SSSR count). The molecule has 6 heteroatoms. The van der Waals surface area contributed by atoms with Gasteiger partial charge in [-0.15, -0.1) is 0 Å². The van der Waals surface area contributed by atoms with Gasteiger partial charge in [-0.1, -0.05) is 0 Å². The van der Waals surface area contributed by atoms with Crippen molar-refractivity contribution in [2.24, 2.45) is 0 Å². The molecule has 1 aromatic heterocycles. The van der Waals surface area contributed by atoms with Crippen LogP contribution in [0.15, 0.2) is 42.7 Å². The highest BCUT2D eigenvalue weighted by molar-refractivity contribution is 5.93. The van der Waals surface area contributed by atoms with Gasteiger partial charge in [-0.05, 0) is 25.1 Å². The lowest BCUT2D eigenvalue weighted by Gasteiger charge is -2.04. The smallest absolute Gasteiger partial charge is 0.290 e. The Balaban J connectivity index is 2.08. The van der Waals surface area contributed by atoms with Crippen LogP contribution in [0.4, 0.5) is 14.5 Å². The number of rotatable bonds is 4. The number of ketones is 1. The second-order valence-electron chi connectivity index (χ2n) is 4.49. The zero-order chi connectivity index (χ0) is 15.4. The minimum Gasteiger partial charge on any atom is -0.318 e. The number of halogens is 2. The molecular weight excluding hydrogens is 278 g/mol. The first-order chi connectivity index (χ1) is 9.95. The van der Waals surface area contributed by atoms with Gasteiger partial charge >= 0.3 is 0 Å². The summed E-state index contributed by atoms with van der Waals surface area (Å²) in [6.45, 7) is 1.34. The lowest BCUT2D eigenvalue weighted by molar-refractivity contribution is -0.684. The zero-order valence-electron chi connectivity index (χ0n) is 11.3. The SMILES string of the molecule is CC(=O)c1ccc[n+](CC(=O)Nc2ccc(F)cc2F)c1. The van der Waals surface area contributed by atoms with Gasteiger partial charge in [0.05, 0.1) is 11.3 Å². The van der Waals surface area contributed by atoms with Crippen LogP contribution in [0, 0.1) is 11.6 Å². The van der Waals surface area contributed by atoms with Crippen molar-refractivity contribution in [1.82, 2.24) is 0 Å². The largest absolute Gasteiger partial charge is 0.318 e. The number of Topliss-reactive ketones (excluding diaryl/α,β-unsaturated/α-hetero) is 1. The molecule has 0 atom stereocenters. The van der Waals surface area contributed by atoms with Crippen LogP contribution in [-0.4, -0.2) is 11.7 Å². The third-order valence-corrected chi connectivity index (χ3v) is 2.80. The van der Waals surface area contributed by atoms with E-state index in [1.54, 1.807) is 18.3 Å².